The van der Waals surface area contributed by atoms with E-state index in [1.54, 1.807) is 0 Å². The SMILES string of the molecule is COc1ncnc2c1NCC(C)CS2(=O)=O. The van der Waals surface area contributed by atoms with Gasteiger partial charge < -0.3 is 10.1 Å². The third-order valence-corrected chi connectivity index (χ3v) is 4.30. The Bertz CT molecular complexity index is 501. The molecule has 1 aromatic heterocycles. The number of hydrogen-bond acceptors (Lipinski definition) is 6. The summed E-state index contributed by atoms with van der Waals surface area (Å²) in [6, 6.07) is 0. The number of hydrogen-bond donors (Lipinski definition) is 1. The van der Waals surface area contributed by atoms with Crippen LogP contribution in [0.4, 0.5) is 5.69 Å². The van der Waals surface area contributed by atoms with Crippen molar-refractivity contribution < 1.29 is 13.2 Å². The summed E-state index contributed by atoms with van der Waals surface area (Å²) in [5.74, 6) is 0.388. The normalized spacial score (nSPS) is 22.8. The molecule has 1 unspecified atom stereocenters. The zero-order chi connectivity index (χ0) is 11.8. The molecule has 0 fully saturated rings. The van der Waals surface area contributed by atoms with Crippen LogP contribution in [-0.2, 0) is 9.84 Å². The average Bonchev–Trinajstić information content (AvgIpc) is 2.35. The number of nitrogens with zero attached hydrogens (tertiary/aromatic N) is 2. The van der Waals surface area contributed by atoms with Crippen LogP contribution in [0.2, 0.25) is 0 Å². The van der Waals surface area contributed by atoms with Crippen molar-refractivity contribution in [2.75, 3.05) is 24.7 Å². The molecule has 1 aliphatic heterocycles. The van der Waals surface area contributed by atoms with Crippen molar-refractivity contribution in [3.05, 3.63) is 6.33 Å². The van der Waals surface area contributed by atoms with Gasteiger partial charge in [-0.05, 0) is 5.92 Å². The first kappa shape index (κ1) is 11.1. The zero-order valence-electron chi connectivity index (χ0n) is 9.10. The van der Waals surface area contributed by atoms with Gasteiger partial charge >= 0.3 is 0 Å². The van der Waals surface area contributed by atoms with Crippen molar-refractivity contribution in [3.8, 4) is 5.88 Å². The summed E-state index contributed by atoms with van der Waals surface area (Å²) in [6.07, 6.45) is 1.20. The topological polar surface area (TPSA) is 81.2 Å². The lowest BCUT2D eigenvalue weighted by Gasteiger charge is -2.09. The molecule has 0 amide bonds. The molecule has 0 spiro atoms. The summed E-state index contributed by atoms with van der Waals surface area (Å²) >= 11 is 0. The van der Waals surface area contributed by atoms with E-state index >= 15 is 0 Å². The Hall–Kier alpha value is -1.37. The standard InChI is InChI=1S/C9H13N3O3S/c1-6-3-10-7-8(15-2)11-5-12-9(7)16(13,14)4-6/h5-6,10H,3-4H2,1-2H3. The first-order valence-electron chi connectivity index (χ1n) is 4.90. The Labute approximate surface area is 94.0 Å². The molecular formula is C9H13N3O3S. The largest absolute Gasteiger partial charge is 0.479 e. The van der Waals surface area contributed by atoms with Gasteiger partial charge in [0.05, 0.1) is 12.9 Å². The van der Waals surface area contributed by atoms with Crippen molar-refractivity contribution in [2.45, 2.75) is 11.9 Å². The number of fused-ring (bicyclic) bond motifs is 1. The molecule has 16 heavy (non-hydrogen) atoms. The molecule has 1 aliphatic rings. The summed E-state index contributed by atoms with van der Waals surface area (Å²) in [5.41, 5.74) is 0.370. The summed E-state index contributed by atoms with van der Waals surface area (Å²) in [7, 11) is -1.90. The first-order chi connectivity index (χ1) is 7.54. The Balaban J connectivity index is 2.62. The molecule has 0 saturated heterocycles. The van der Waals surface area contributed by atoms with Crippen LogP contribution in [-0.4, -0.2) is 37.8 Å². The second-order valence-electron chi connectivity index (χ2n) is 3.83. The third-order valence-electron chi connectivity index (χ3n) is 2.40. The molecule has 0 bridgehead atoms. The van der Waals surface area contributed by atoms with Crippen LogP contribution in [0.15, 0.2) is 11.4 Å². The van der Waals surface area contributed by atoms with Crippen LogP contribution < -0.4 is 10.1 Å². The maximum absolute atomic E-state index is 12.0. The number of nitrogens with one attached hydrogen (secondary N) is 1. The van der Waals surface area contributed by atoms with Crippen LogP contribution in [0.1, 0.15) is 6.92 Å². The van der Waals surface area contributed by atoms with E-state index in [1.165, 1.54) is 13.4 Å². The monoisotopic (exact) mass is 243 g/mol. The zero-order valence-corrected chi connectivity index (χ0v) is 9.91. The van der Waals surface area contributed by atoms with E-state index < -0.39 is 9.84 Å². The molecule has 88 valence electrons. The number of aromatic nitrogens is 2. The highest BCUT2D eigenvalue weighted by atomic mass is 32.2. The molecule has 0 radical (unpaired) electrons. The van der Waals surface area contributed by atoms with Gasteiger partial charge in [0.1, 0.15) is 12.0 Å². The molecule has 7 heteroatoms. The quantitative estimate of drug-likeness (QED) is 0.715. The average molecular weight is 243 g/mol. The summed E-state index contributed by atoms with van der Waals surface area (Å²) in [5, 5.41) is 3.05. The molecule has 0 aromatic carbocycles. The van der Waals surface area contributed by atoms with Gasteiger partial charge in [-0.1, -0.05) is 6.92 Å². The Morgan fingerprint density at radius 3 is 2.94 bits per heavy atom. The highest BCUT2D eigenvalue weighted by molar-refractivity contribution is 7.91. The number of anilines is 1. The van der Waals surface area contributed by atoms with Crippen molar-refractivity contribution in [1.82, 2.24) is 9.97 Å². The third kappa shape index (κ3) is 1.82. The van der Waals surface area contributed by atoms with Gasteiger partial charge in [0.15, 0.2) is 14.9 Å². The van der Waals surface area contributed by atoms with Gasteiger partial charge in [0, 0.05) is 6.54 Å². The van der Waals surface area contributed by atoms with Crippen LogP contribution in [0, 0.1) is 5.92 Å². The fourth-order valence-corrected chi connectivity index (χ4v) is 3.39. The van der Waals surface area contributed by atoms with Crippen molar-refractivity contribution in [3.63, 3.8) is 0 Å². The van der Waals surface area contributed by atoms with E-state index in [-0.39, 0.29) is 22.6 Å². The van der Waals surface area contributed by atoms with E-state index in [0.717, 1.165) is 0 Å². The summed E-state index contributed by atoms with van der Waals surface area (Å²) in [6.45, 7) is 2.44. The maximum Gasteiger partial charge on any atom is 0.241 e. The van der Waals surface area contributed by atoms with Crippen LogP contribution in [0.5, 0.6) is 5.88 Å². The van der Waals surface area contributed by atoms with Crippen molar-refractivity contribution >= 4 is 15.5 Å². The maximum atomic E-state index is 12.0. The van der Waals surface area contributed by atoms with Gasteiger partial charge in [-0.15, -0.1) is 0 Å². The lowest BCUT2D eigenvalue weighted by molar-refractivity contribution is 0.396. The molecule has 1 aromatic rings. The molecule has 0 aliphatic carbocycles. The van der Waals surface area contributed by atoms with Gasteiger partial charge in [-0.3, -0.25) is 0 Å². The predicted molar refractivity (Wildman–Crippen MR) is 58.3 cm³/mol. The van der Waals surface area contributed by atoms with Crippen LogP contribution in [0.3, 0.4) is 0 Å². The van der Waals surface area contributed by atoms with Crippen LogP contribution >= 0.6 is 0 Å². The minimum absolute atomic E-state index is 0.0312. The Kier molecular flexibility index (Phi) is 2.71. The molecule has 2 heterocycles. The first-order valence-corrected chi connectivity index (χ1v) is 6.55. The highest BCUT2D eigenvalue weighted by Gasteiger charge is 2.29. The number of rotatable bonds is 1. The lowest BCUT2D eigenvalue weighted by Crippen LogP contribution is -2.16. The Morgan fingerprint density at radius 2 is 2.25 bits per heavy atom. The van der Waals surface area contributed by atoms with E-state index in [1.807, 2.05) is 6.92 Å². The molecule has 2 rings (SSSR count). The van der Waals surface area contributed by atoms with E-state index in [9.17, 15) is 8.42 Å². The van der Waals surface area contributed by atoms with E-state index in [0.29, 0.717) is 12.2 Å². The minimum Gasteiger partial charge on any atom is -0.479 e. The van der Waals surface area contributed by atoms with Gasteiger partial charge in [-0.2, -0.15) is 4.98 Å². The highest BCUT2D eigenvalue weighted by Crippen LogP contribution is 2.31. The van der Waals surface area contributed by atoms with Crippen molar-refractivity contribution in [1.29, 1.82) is 0 Å². The molecule has 1 N–H and O–H groups in total. The Morgan fingerprint density at radius 1 is 1.50 bits per heavy atom. The van der Waals surface area contributed by atoms with Crippen molar-refractivity contribution in [2.24, 2.45) is 5.92 Å². The number of methoxy groups -OCH3 is 1. The fraction of sp³-hybridized carbons (Fsp3) is 0.556. The minimum atomic E-state index is -3.35. The van der Waals surface area contributed by atoms with E-state index in [4.69, 9.17) is 4.74 Å². The summed E-state index contributed by atoms with van der Waals surface area (Å²) in [4.78, 5) is 7.72. The smallest absolute Gasteiger partial charge is 0.241 e. The van der Waals surface area contributed by atoms with Gasteiger partial charge in [0.2, 0.25) is 5.88 Å². The van der Waals surface area contributed by atoms with Crippen LogP contribution in [0.25, 0.3) is 0 Å². The lowest BCUT2D eigenvalue weighted by atomic mass is 10.2. The summed E-state index contributed by atoms with van der Waals surface area (Å²) < 4.78 is 29.0. The fourth-order valence-electron chi connectivity index (χ4n) is 1.68. The molecule has 0 saturated carbocycles. The second-order valence-corrected chi connectivity index (χ2v) is 5.78. The number of ether oxygens (including phenoxy) is 1. The predicted octanol–water partition coefficient (Wildman–Crippen LogP) is 0.321. The second kappa shape index (κ2) is 3.89. The van der Waals surface area contributed by atoms with E-state index in [2.05, 4.69) is 15.3 Å². The number of sulfone groups is 1. The molecular weight excluding hydrogens is 230 g/mol. The molecule has 6 nitrogen and oxygen atoms in total. The van der Waals surface area contributed by atoms with Gasteiger partial charge in [-0.25, -0.2) is 13.4 Å². The molecule has 1 atom stereocenters. The van der Waals surface area contributed by atoms with Gasteiger partial charge in [0.25, 0.3) is 0 Å².